The fourth-order valence-corrected chi connectivity index (χ4v) is 2.04. The Morgan fingerprint density at radius 3 is 2.50 bits per heavy atom. The zero-order chi connectivity index (χ0) is 15.9. The third-order valence-electron chi connectivity index (χ3n) is 3.14. The van der Waals surface area contributed by atoms with Gasteiger partial charge in [-0.05, 0) is 36.8 Å². The molecule has 22 heavy (non-hydrogen) atoms. The Labute approximate surface area is 135 Å². The van der Waals surface area contributed by atoms with Crippen LogP contribution in [-0.4, -0.2) is 19.1 Å². The van der Waals surface area contributed by atoms with Gasteiger partial charge in [-0.3, -0.25) is 4.79 Å². The topological polar surface area (TPSA) is 47.6 Å². The molecule has 2 aromatic rings. The van der Waals surface area contributed by atoms with E-state index in [0.717, 1.165) is 11.3 Å². The summed E-state index contributed by atoms with van der Waals surface area (Å²) < 4.78 is 10.7. The minimum Gasteiger partial charge on any atom is -0.497 e. The molecule has 4 nitrogen and oxygen atoms in total. The summed E-state index contributed by atoms with van der Waals surface area (Å²) in [6.45, 7) is 2.12. The van der Waals surface area contributed by atoms with Gasteiger partial charge in [0, 0.05) is 6.54 Å². The van der Waals surface area contributed by atoms with Gasteiger partial charge in [0.1, 0.15) is 11.5 Å². The van der Waals surface area contributed by atoms with Crippen molar-refractivity contribution in [3.05, 3.63) is 59.1 Å². The molecule has 2 aromatic carbocycles. The Bertz CT molecular complexity index is 628. The van der Waals surface area contributed by atoms with Crippen molar-refractivity contribution >= 4 is 17.5 Å². The molecule has 0 fully saturated rings. The van der Waals surface area contributed by atoms with E-state index in [1.165, 1.54) is 0 Å². The van der Waals surface area contributed by atoms with E-state index in [1.54, 1.807) is 26.2 Å². The van der Waals surface area contributed by atoms with Gasteiger partial charge in [-0.2, -0.15) is 0 Å². The quantitative estimate of drug-likeness (QED) is 0.887. The van der Waals surface area contributed by atoms with Gasteiger partial charge in [0.15, 0.2) is 6.10 Å². The molecule has 1 N–H and O–H groups in total. The van der Waals surface area contributed by atoms with E-state index in [2.05, 4.69) is 5.32 Å². The maximum Gasteiger partial charge on any atom is 0.261 e. The summed E-state index contributed by atoms with van der Waals surface area (Å²) >= 11 is 6.01. The lowest BCUT2D eigenvalue weighted by atomic mass is 10.2. The first-order valence-corrected chi connectivity index (χ1v) is 7.30. The van der Waals surface area contributed by atoms with Crippen LogP contribution in [0.2, 0.25) is 5.02 Å². The van der Waals surface area contributed by atoms with E-state index in [4.69, 9.17) is 21.1 Å². The fraction of sp³-hybridized carbons (Fsp3) is 0.235. The van der Waals surface area contributed by atoms with Crippen LogP contribution in [0.5, 0.6) is 11.5 Å². The molecule has 5 heteroatoms. The fourth-order valence-electron chi connectivity index (χ4n) is 1.86. The molecule has 0 saturated carbocycles. The number of nitrogens with one attached hydrogen (secondary N) is 1. The van der Waals surface area contributed by atoms with Crippen LogP contribution >= 0.6 is 11.6 Å². The average Bonchev–Trinajstić information content (AvgIpc) is 2.55. The summed E-state index contributed by atoms with van der Waals surface area (Å²) in [7, 11) is 1.62. The van der Waals surface area contributed by atoms with E-state index in [1.807, 2.05) is 36.4 Å². The number of hydrogen-bond acceptors (Lipinski definition) is 3. The van der Waals surface area contributed by atoms with E-state index in [-0.39, 0.29) is 5.91 Å². The number of methoxy groups -OCH3 is 1. The molecule has 0 radical (unpaired) electrons. The van der Waals surface area contributed by atoms with Crippen LogP contribution in [0.4, 0.5) is 0 Å². The largest absolute Gasteiger partial charge is 0.497 e. The number of benzene rings is 2. The van der Waals surface area contributed by atoms with Crippen molar-refractivity contribution < 1.29 is 14.3 Å². The Balaban J connectivity index is 1.87. The zero-order valence-corrected chi connectivity index (χ0v) is 13.3. The first kappa shape index (κ1) is 16.2. The Hall–Kier alpha value is -2.20. The Kier molecular flexibility index (Phi) is 5.67. The number of amides is 1. The van der Waals surface area contributed by atoms with Gasteiger partial charge >= 0.3 is 0 Å². The summed E-state index contributed by atoms with van der Waals surface area (Å²) in [6, 6.07) is 14.6. The highest BCUT2D eigenvalue weighted by Crippen LogP contribution is 2.24. The average molecular weight is 320 g/mol. The first-order chi connectivity index (χ1) is 10.6. The van der Waals surface area contributed by atoms with Crippen LogP contribution in [0.1, 0.15) is 12.5 Å². The third-order valence-corrected chi connectivity index (χ3v) is 3.45. The number of carbonyl (C=O) groups is 1. The summed E-state index contributed by atoms with van der Waals surface area (Å²) in [5, 5.41) is 3.31. The molecule has 0 saturated heterocycles. The van der Waals surface area contributed by atoms with Gasteiger partial charge < -0.3 is 14.8 Å². The molecule has 116 valence electrons. The van der Waals surface area contributed by atoms with Crippen molar-refractivity contribution in [3.8, 4) is 11.5 Å². The normalized spacial score (nSPS) is 11.6. The van der Waals surface area contributed by atoms with Crippen molar-refractivity contribution in [2.45, 2.75) is 19.6 Å². The number of ether oxygens (including phenoxy) is 2. The van der Waals surface area contributed by atoms with Crippen LogP contribution < -0.4 is 14.8 Å². The highest BCUT2D eigenvalue weighted by molar-refractivity contribution is 6.32. The molecule has 0 heterocycles. The minimum absolute atomic E-state index is 0.198. The van der Waals surface area contributed by atoms with Crippen molar-refractivity contribution in [1.82, 2.24) is 5.32 Å². The third kappa shape index (κ3) is 4.40. The van der Waals surface area contributed by atoms with Gasteiger partial charge in [-0.15, -0.1) is 0 Å². The van der Waals surface area contributed by atoms with Gasteiger partial charge in [-0.25, -0.2) is 0 Å². The van der Waals surface area contributed by atoms with E-state index < -0.39 is 6.10 Å². The highest BCUT2D eigenvalue weighted by atomic mass is 35.5. The summed E-state index contributed by atoms with van der Waals surface area (Å²) in [5.74, 6) is 1.08. The molecular weight excluding hydrogens is 302 g/mol. The molecule has 0 aliphatic heterocycles. The molecule has 1 atom stereocenters. The highest BCUT2D eigenvalue weighted by Gasteiger charge is 2.15. The molecule has 0 aliphatic rings. The molecule has 0 bridgehead atoms. The number of hydrogen-bond donors (Lipinski definition) is 1. The SMILES string of the molecule is COc1ccc(CNC(=O)C(C)Oc2ccccc2Cl)cc1. The second kappa shape index (κ2) is 7.71. The molecule has 1 unspecified atom stereocenters. The predicted octanol–water partition coefficient (Wildman–Crippen LogP) is 3.43. The molecular formula is C17H18ClNO3. The molecule has 0 aliphatic carbocycles. The number of carbonyl (C=O) groups excluding carboxylic acids is 1. The summed E-state index contributed by atoms with van der Waals surface area (Å²) in [4.78, 5) is 12.1. The van der Waals surface area contributed by atoms with Crippen molar-refractivity contribution in [3.63, 3.8) is 0 Å². The van der Waals surface area contributed by atoms with Crippen LogP contribution in [0.3, 0.4) is 0 Å². The van der Waals surface area contributed by atoms with Crippen LogP contribution in [0, 0.1) is 0 Å². The monoisotopic (exact) mass is 319 g/mol. The smallest absolute Gasteiger partial charge is 0.261 e. The summed E-state index contributed by atoms with van der Waals surface area (Å²) in [6.07, 6.45) is -0.627. The lowest BCUT2D eigenvalue weighted by Gasteiger charge is -2.15. The predicted molar refractivity (Wildman–Crippen MR) is 86.4 cm³/mol. The second-order valence-corrected chi connectivity index (χ2v) is 5.16. The van der Waals surface area contributed by atoms with Crippen molar-refractivity contribution in [2.24, 2.45) is 0 Å². The number of para-hydroxylation sites is 1. The van der Waals surface area contributed by atoms with Crippen LogP contribution in [-0.2, 0) is 11.3 Å². The first-order valence-electron chi connectivity index (χ1n) is 6.92. The second-order valence-electron chi connectivity index (χ2n) is 4.76. The van der Waals surface area contributed by atoms with Crippen molar-refractivity contribution in [2.75, 3.05) is 7.11 Å². The van der Waals surface area contributed by atoms with Gasteiger partial charge in [0.2, 0.25) is 0 Å². The van der Waals surface area contributed by atoms with Crippen LogP contribution in [0.25, 0.3) is 0 Å². The molecule has 0 spiro atoms. The van der Waals surface area contributed by atoms with Crippen molar-refractivity contribution in [1.29, 1.82) is 0 Å². The number of halogens is 1. The van der Waals surface area contributed by atoms with E-state index in [0.29, 0.717) is 17.3 Å². The van der Waals surface area contributed by atoms with E-state index in [9.17, 15) is 4.79 Å². The Morgan fingerprint density at radius 1 is 1.18 bits per heavy atom. The molecule has 0 aromatic heterocycles. The lowest BCUT2D eigenvalue weighted by Crippen LogP contribution is -2.35. The maximum atomic E-state index is 12.1. The van der Waals surface area contributed by atoms with Crippen LogP contribution in [0.15, 0.2) is 48.5 Å². The van der Waals surface area contributed by atoms with Gasteiger partial charge in [0.25, 0.3) is 5.91 Å². The minimum atomic E-state index is -0.627. The zero-order valence-electron chi connectivity index (χ0n) is 12.5. The van der Waals surface area contributed by atoms with Gasteiger partial charge in [0.05, 0.1) is 12.1 Å². The lowest BCUT2D eigenvalue weighted by molar-refractivity contribution is -0.127. The molecule has 1 amide bonds. The van der Waals surface area contributed by atoms with E-state index >= 15 is 0 Å². The van der Waals surface area contributed by atoms with Gasteiger partial charge in [-0.1, -0.05) is 35.9 Å². The number of rotatable bonds is 6. The molecule has 2 rings (SSSR count). The Morgan fingerprint density at radius 2 is 1.86 bits per heavy atom. The standard InChI is InChI=1S/C17H18ClNO3/c1-12(22-16-6-4-3-5-15(16)18)17(20)19-11-13-7-9-14(21-2)10-8-13/h3-10,12H,11H2,1-2H3,(H,19,20). The summed E-state index contributed by atoms with van der Waals surface area (Å²) in [5.41, 5.74) is 0.985. The maximum absolute atomic E-state index is 12.1.